The fourth-order valence-corrected chi connectivity index (χ4v) is 2.91. The highest BCUT2D eigenvalue weighted by Crippen LogP contribution is 2.37. The summed E-state index contributed by atoms with van der Waals surface area (Å²) in [6.45, 7) is 4.16. The van der Waals surface area contributed by atoms with Gasteiger partial charge in [-0.3, -0.25) is 0 Å². The van der Waals surface area contributed by atoms with Gasteiger partial charge in [0, 0.05) is 11.8 Å². The number of aryl methyl sites for hydroxylation is 1. The van der Waals surface area contributed by atoms with Crippen LogP contribution in [0.1, 0.15) is 36.9 Å². The number of nitrogens with zero attached hydrogens (tertiary/aromatic N) is 1. The van der Waals surface area contributed by atoms with Crippen molar-refractivity contribution >= 4 is 11.3 Å². The molecule has 1 aromatic heterocycles. The van der Waals surface area contributed by atoms with Gasteiger partial charge >= 0.3 is 0 Å². The van der Waals surface area contributed by atoms with Crippen LogP contribution in [0.3, 0.4) is 0 Å². The van der Waals surface area contributed by atoms with Gasteiger partial charge in [-0.25, -0.2) is 4.98 Å². The molecule has 3 heteroatoms. The number of thiazole rings is 1. The lowest BCUT2D eigenvalue weighted by Crippen LogP contribution is -2.34. The summed E-state index contributed by atoms with van der Waals surface area (Å²) in [5.41, 5.74) is 0.573. The first-order chi connectivity index (χ1) is 6.60. The molecular weight excluding hydrogens is 194 g/mol. The van der Waals surface area contributed by atoms with E-state index in [1.54, 1.807) is 11.3 Å². The Kier molecular flexibility index (Phi) is 2.62. The third-order valence-corrected chi connectivity index (χ3v) is 4.14. The van der Waals surface area contributed by atoms with E-state index in [1.165, 1.54) is 0 Å². The van der Waals surface area contributed by atoms with Crippen LogP contribution >= 0.6 is 11.3 Å². The van der Waals surface area contributed by atoms with Crippen LogP contribution in [0.5, 0.6) is 0 Å². The molecule has 0 spiro atoms. The highest BCUT2D eigenvalue weighted by Gasteiger charge is 2.38. The quantitative estimate of drug-likeness (QED) is 0.815. The van der Waals surface area contributed by atoms with Gasteiger partial charge in [-0.1, -0.05) is 13.3 Å². The van der Waals surface area contributed by atoms with Crippen LogP contribution in [-0.2, 0) is 6.42 Å². The lowest BCUT2D eigenvalue weighted by atomic mass is 9.88. The number of hydrogen-bond acceptors (Lipinski definition) is 3. The van der Waals surface area contributed by atoms with E-state index in [-0.39, 0.29) is 0 Å². The third-order valence-electron chi connectivity index (χ3n) is 3.32. The molecule has 0 radical (unpaired) electrons. The van der Waals surface area contributed by atoms with E-state index in [9.17, 15) is 5.11 Å². The van der Waals surface area contributed by atoms with Crippen molar-refractivity contribution in [3.63, 3.8) is 0 Å². The molecule has 2 unspecified atom stereocenters. The van der Waals surface area contributed by atoms with E-state index in [0.29, 0.717) is 5.92 Å². The smallest absolute Gasteiger partial charge is 0.0897 e. The first-order valence-corrected chi connectivity index (χ1v) is 6.11. The zero-order valence-corrected chi connectivity index (χ0v) is 9.60. The molecule has 0 bridgehead atoms. The lowest BCUT2D eigenvalue weighted by Gasteiger charge is -2.26. The van der Waals surface area contributed by atoms with E-state index in [1.807, 2.05) is 6.92 Å². The summed E-state index contributed by atoms with van der Waals surface area (Å²) < 4.78 is 0. The first-order valence-electron chi connectivity index (χ1n) is 5.23. The average molecular weight is 211 g/mol. The Bertz CT molecular complexity index is 323. The van der Waals surface area contributed by atoms with E-state index < -0.39 is 5.60 Å². The predicted molar refractivity (Wildman–Crippen MR) is 58.5 cm³/mol. The second-order valence-electron chi connectivity index (χ2n) is 4.43. The van der Waals surface area contributed by atoms with Crippen LogP contribution in [0.4, 0.5) is 0 Å². The number of aromatic nitrogens is 1. The van der Waals surface area contributed by atoms with Gasteiger partial charge in [-0.2, -0.15) is 0 Å². The second kappa shape index (κ2) is 3.63. The molecule has 78 valence electrons. The van der Waals surface area contributed by atoms with Crippen LogP contribution in [-0.4, -0.2) is 15.7 Å². The Morgan fingerprint density at radius 3 is 3.00 bits per heavy atom. The largest absolute Gasteiger partial charge is 0.389 e. The summed E-state index contributed by atoms with van der Waals surface area (Å²) in [4.78, 5) is 4.41. The zero-order chi connectivity index (χ0) is 10.2. The molecule has 1 N–H and O–H groups in total. The van der Waals surface area contributed by atoms with E-state index in [2.05, 4.69) is 17.3 Å². The van der Waals surface area contributed by atoms with Crippen molar-refractivity contribution in [2.75, 3.05) is 0 Å². The molecule has 1 aliphatic carbocycles. The van der Waals surface area contributed by atoms with Crippen molar-refractivity contribution < 1.29 is 5.11 Å². The van der Waals surface area contributed by atoms with E-state index >= 15 is 0 Å². The molecule has 0 amide bonds. The minimum Gasteiger partial charge on any atom is -0.389 e. The van der Waals surface area contributed by atoms with Gasteiger partial charge in [0.15, 0.2) is 0 Å². The fraction of sp³-hybridized carbons (Fsp3) is 0.727. The van der Waals surface area contributed by atoms with E-state index in [0.717, 1.165) is 36.4 Å². The molecule has 0 aromatic carbocycles. The summed E-state index contributed by atoms with van der Waals surface area (Å²) in [5, 5.41) is 13.5. The maximum absolute atomic E-state index is 10.4. The normalized spacial score (nSPS) is 32.4. The predicted octanol–water partition coefficient (Wildman–Crippen LogP) is 2.55. The summed E-state index contributed by atoms with van der Waals surface area (Å²) in [6.07, 6.45) is 3.98. The molecule has 2 nitrogen and oxygen atoms in total. The van der Waals surface area contributed by atoms with Crippen molar-refractivity contribution in [2.45, 2.75) is 45.1 Å². The van der Waals surface area contributed by atoms with Crippen molar-refractivity contribution in [3.05, 3.63) is 16.1 Å². The van der Waals surface area contributed by atoms with E-state index in [4.69, 9.17) is 0 Å². The summed E-state index contributed by atoms with van der Waals surface area (Å²) in [5.74, 6) is 0.421. The molecule has 2 atom stereocenters. The van der Waals surface area contributed by atoms with Gasteiger partial charge in [0.25, 0.3) is 0 Å². The molecule has 1 saturated carbocycles. The molecule has 2 rings (SSSR count). The Labute approximate surface area is 89.0 Å². The van der Waals surface area contributed by atoms with Crippen molar-refractivity contribution in [1.29, 1.82) is 0 Å². The van der Waals surface area contributed by atoms with Crippen LogP contribution in [0.25, 0.3) is 0 Å². The molecule has 14 heavy (non-hydrogen) atoms. The minimum atomic E-state index is -0.486. The Morgan fingerprint density at radius 2 is 2.50 bits per heavy atom. The van der Waals surface area contributed by atoms with Gasteiger partial charge in [0.05, 0.1) is 16.3 Å². The molecule has 1 fully saturated rings. The maximum atomic E-state index is 10.4. The lowest BCUT2D eigenvalue weighted by molar-refractivity contribution is 0.00884. The monoisotopic (exact) mass is 211 g/mol. The highest BCUT2D eigenvalue weighted by molar-refractivity contribution is 7.09. The Hall–Kier alpha value is -0.410. The van der Waals surface area contributed by atoms with Crippen molar-refractivity contribution in [2.24, 2.45) is 5.92 Å². The summed E-state index contributed by atoms with van der Waals surface area (Å²) in [6, 6.07) is 0. The summed E-state index contributed by atoms with van der Waals surface area (Å²) >= 11 is 1.67. The second-order valence-corrected chi connectivity index (χ2v) is 5.49. The van der Waals surface area contributed by atoms with Gasteiger partial charge in [0.2, 0.25) is 0 Å². The molecule has 1 aliphatic rings. The average Bonchev–Trinajstić information content (AvgIpc) is 2.62. The molecule has 1 aromatic rings. The van der Waals surface area contributed by atoms with Crippen molar-refractivity contribution in [3.8, 4) is 0 Å². The Balaban J connectivity index is 2.10. The van der Waals surface area contributed by atoms with Gasteiger partial charge in [-0.05, 0) is 25.7 Å². The molecule has 0 aliphatic heterocycles. The molecular formula is C11H17NOS. The number of hydrogen-bond donors (Lipinski definition) is 1. The number of rotatable bonds is 2. The minimum absolute atomic E-state index is 0.421. The van der Waals surface area contributed by atoms with Gasteiger partial charge in [0.1, 0.15) is 0 Å². The topological polar surface area (TPSA) is 33.1 Å². The van der Waals surface area contributed by atoms with Crippen LogP contribution < -0.4 is 0 Å². The highest BCUT2D eigenvalue weighted by atomic mass is 32.1. The van der Waals surface area contributed by atoms with Gasteiger partial charge in [-0.15, -0.1) is 11.3 Å². The number of aliphatic hydroxyl groups is 1. The van der Waals surface area contributed by atoms with Gasteiger partial charge < -0.3 is 5.11 Å². The standard InChI is InChI=1S/C11H17NOS/c1-8-4-3-5-11(8,13)6-10-7-14-9(2)12-10/h7-8,13H,3-6H2,1-2H3. The molecule has 0 saturated heterocycles. The third kappa shape index (κ3) is 1.84. The summed E-state index contributed by atoms with van der Waals surface area (Å²) in [7, 11) is 0. The fourth-order valence-electron chi connectivity index (χ4n) is 2.30. The van der Waals surface area contributed by atoms with Crippen LogP contribution in [0.15, 0.2) is 5.38 Å². The van der Waals surface area contributed by atoms with Crippen molar-refractivity contribution in [1.82, 2.24) is 4.98 Å². The van der Waals surface area contributed by atoms with Crippen LogP contribution in [0.2, 0.25) is 0 Å². The first kappa shape index (κ1) is 10.1. The molecule has 1 heterocycles. The zero-order valence-electron chi connectivity index (χ0n) is 8.79. The Morgan fingerprint density at radius 1 is 1.71 bits per heavy atom. The SMILES string of the molecule is Cc1nc(CC2(O)CCCC2C)cs1. The maximum Gasteiger partial charge on any atom is 0.0897 e. The van der Waals surface area contributed by atoms with Crippen LogP contribution in [0, 0.1) is 12.8 Å².